The number of aliphatic imine (C=N–C) groups is 1. The number of hydrogen-bond acceptors (Lipinski definition) is 6. The molecule has 1 saturated heterocycles. The molecular formula is C20H23FN6O. The Morgan fingerprint density at radius 2 is 2.21 bits per heavy atom. The first-order valence-electron chi connectivity index (χ1n) is 9.81. The van der Waals surface area contributed by atoms with E-state index >= 15 is 0 Å². The molecular weight excluding hydrogens is 359 g/mol. The average molecular weight is 382 g/mol. The molecule has 4 aliphatic heterocycles. The number of carbonyl (C=O) groups is 1. The molecule has 1 aromatic heterocycles. The topological polar surface area (TPSA) is 64.1 Å². The summed E-state index contributed by atoms with van der Waals surface area (Å²) in [5.74, 6) is 1.12. The van der Waals surface area contributed by atoms with Gasteiger partial charge in [0.1, 0.15) is 11.7 Å². The fourth-order valence-electron chi connectivity index (χ4n) is 4.50. The van der Waals surface area contributed by atoms with Crippen LogP contribution in [0.15, 0.2) is 40.9 Å². The number of hydrazine groups is 1. The number of amides is 1. The van der Waals surface area contributed by atoms with E-state index in [1.54, 1.807) is 6.07 Å². The number of nitrogens with one attached hydrogen (secondary N) is 1. The molecule has 0 saturated carbocycles. The fraction of sp³-hybridized carbons (Fsp3) is 0.450. The van der Waals surface area contributed by atoms with E-state index in [2.05, 4.69) is 15.2 Å². The molecule has 2 bridgehead atoms. The van der Waals surface area contributed by atoms with Gasteiger partial charge < -0.3 is 10.2 Å². The average Bonchev–Trinajstić information content (AvgIpc) is 3.30. The van der Waals surface area contributed by atoms with Crippen molar-refractivity contribution in [2.75, 3.05) is 26.7 Å². The van der Waals surface area contributed by atoms with Gasteiger partial charge in [0.05, 0.1) is 24.4 Å². The molecule has 0 aliphatic carbocycles. The molecule has 5 rings (SSSR count). The van der Waals surface area contributed by atoms with Crippen LogP contribution in [0.5, 0.6) is 0 Å². The second kappa shape index (κ2) is 6.70. The monoisotopic (exact) mass is 382 g/mol. The number of rotatable bonds is 0. The molecule has 1 atom stereocenters. The van der Waals surface area contributed by atoms with Gasteiger partial charge in [-0.25, -0.2) is 14.4 Å². The van der Waals surface area contributed by atoms with Crippen molar-refractivity contribution < 1.29 is 9.18 Å². The van der Waals surface area contributed by atoms with Crippen LogP contribution >= 0.6 is 0 Å². The Balaban J connectivity index is 1.61. The predicted molar refractivity (Wildman–Crippen MR) is 102 cm³/mol. The zero-order valence-electron chi connectivity index (χ0n) is 15.9. The standard InChI is InChI=1S/C20H23FN6O/c1-25-12-15-19-24-18(6-9-27(19)25)26-8-3-5-17(26)14-10-13(21)11-23-16(14)4-2-7-22-20(15)28/h6,9-11,17H,2-5,7-8,12H2,1H3,(H,22,28)/t17-/m1/s1. The Bertz CT molecular complexity index is 923. The molecule has 7 nitrogen and oxygen atoms in total. The molecule has 5 heterocycles. The van der Waals surface area contributed by atoms with Gasteiger partial charge in [-0.2, -0.15) is 0 Å². The largest absolute Gasteiger partial charge is 0.352 e. The molecule has 0 aromatic carbocycles. The number of aromatic nitrogens is 1. The number of carbonyl (C=O) groups excluding carboxylic acids is 1. The number of amidine groups is 1. The lowest BCUT2D eigenvalue weighted by Gasteiger charge is -2.32. The van der Waals surface area contributed by atoms with E-state index in [9.17, 15) is 9.18 Å². The van der Waals surface area contributed by atoms with Crippen LogP contribution in [0.1, 0.15) is 36.6 Å². The van der Waals surface area contributed by atoms with Gasteiger partial charge in [-0.1, -0.05) is 0 Å². The van der Waals surface area contributed by atoms with Crippen LogP contribution in [0.25, 0.3) is 0 Å². The summed E-state index contributed by atoms with van der Waals surface area (Å²) in [4.78, 5) is 24.2. The summed E-state index contributed by atoms with van der Waals surface area (Å²) in [6.45, 7) is 1.94. The SMILES string of the molecule is CN1CC2=C3N=C(C=CN31)N1CCC[C@@H]1c1cc(F)cnc1CCCNC2=O. The van der Waals surface area contributed by atoms with Crippen LogP contribution < -0.4 is 5.32 Å². The van der Waals surface area contributed by atoms with Gasteiger partial charge in [0.2, 0.25) is 0 Å². The summed E-state index contributed by atoms with van der Waals surface area (Å²) in [6.07, 6.45) is 8.65. The molecule has 0 radical (unpaired) electrons. The van der Waals surface area contributed by atoms with Gasteiger partial charge in [0.25, 0.3) is 5.91 Å². The quantitative estimate of drug-likeness (QED) is 0.740. The van der Waals surface area contributed by atoms with E-state index in [0.29, 0.717) is 30.9 Å². The number of pyridine rings is 1. The van der Waals surface area contributed by atoms with E-state index in [0.717, 1.165) is 42.9 Å². The Kier molecular flexibility index (Phi) is 4.16. The number of nitrogens with zero attached hydrogens (tertiary/aromatic N) is 5. The molecule has 4 aliphatic rings. The second-order valence-corrected chi connectivity index (χ2v) is 7.65. The smallest absolute Gasteiger partial charge is 0.252 e. The highest BCUT2D eigenvalue weighted by atomic mass is 19.1. The van der Waals surface area contributed by atoms with Crippen LogP contribution in [0.4, 0.5) is 4.39 Å². The number of fused-ring (bicyclic) bond motifs is 4. The van der Waals surface area contributed by atoms with Gasteiger partial charge in [0.15, 0.2) is 5.82 Å². The lowest BCUT2D eigenvalue weighted by atomic mass is 9.99. The minimum absolute atomic E-state index is 0.0562. The van der Waals surface area contributed by atoms with Crippen molar-refractivity contribution in [2.45, 2.75) is 31.7 Å². The van der Waals surface area contributed by atoms with Crippen molar-refractivity contribution >= 4 is 11.7 Å². The van der Waals surface area contributed by atoms with E-state index in [4.69, 9.17) is 4.99 Å². The Hall–Kier alpha value is -2.74. The Morgan fingerprint density at radius 3 is 3.11 bits per heavy atom. The van der Waals surface area contributed by atoms with Crippen molar-refractivity contribution in [3.63, 3.8) is 0 Å². The first-order chi connectivity index (χ1) is 13.6. The van der Waals surface area contributed by atoms with Crippen molar-refractivity contribution in [1.82, 2.24) is 25.2 Å². The first kappa shape index (κ1) is 17.4. The third-order valence-corrected chi connectivity index (χ3v) is 5.85. The molecule has 0 spiro atoms. The zero-order valence-corrected chi connectivity index (χ0v) is 15.9. The molecule has 28 heavy (non-hydrogen) atoms. The fourth-order valence-corrected chi connectivity index (χ4v) is 4.50. The van der Waals surface area contributed by atoms with Crippen LogP contribution in [-0.2, 0) is 11.2 Å². The van der Waals surface area contributed by atoms with E-state index < -0.39 is 0 Å². The van der Waals surface area contributed by atoms with Crippen molar-refractivity contribution in [1.29, 1.82) is 0 Å². The van der Waals surface area contributed by atoms with Crippen molar-refractivity contribution in [3.8, 4) is 0 Å². The van der Waals surface area contributed by atoms with E-state index in [1.165, 1.54) is 6.20 Å². The van der Waals surface area contributed by atoms with Gasteiger partial charge in [-0.05, 0) is 43.4 Å². The summed E-state index contributed by atoms with van der Waals surface area (Å²) in [6, 6.07) is 1.68. The lowest BCUT2D eigenvalue weighted by molar-refractivity contribution is -0.117. The molecule has 1 N–H and O–H groups in total. The second-order valence-electron chi connectivity index (χ2n) is 7.65. The maximum atomic E-state index is 14.0. The third kappa shape index (κ3) is 2.79. The van der Waals surface area contributed by atoms with Crippen LogP contribution in [0.2, 0.25) is 0 Å². The molecule has 1 amide bonds. The van der Waals surface area contributed by atoms with Gasteiger partial charge in [-0.15, -0.1) is 0 Å². The van der Waals surface area contributed by atoms with Gasteiger partial charge >= 0.3 is 0 Å². The van der Waals surface area contributed by atoms with Gasteiger partial charge in [0, 0.05) is 32.0 Å². The molecule has 1 aromatic rings. The molecule has 0 unspecified atom stereocenters. The highest BCUT2D eigenvalue weighted by Gasteiger charge is 2.36. The Labute approximate surface area is 163 Å². The number of likely N-dealkylation sites (N-methyl/N-ethyl adjacent to an activating group) is 1. The highest BCUT2D eigenvalue weighted by Crippen LogP contribution is 2.36. The predicted octanol–water partition coefficient (Wildman–Crippen LogP) is 1.72. The van der Waals surface area contributed by atoms with Crippen LogP contribution in [-0.4, -0.2) is 58.3 Å². The third-order valence-electron chi connectivity index (χ3n) is 5.85. The van der Waals surface area contributed by atoms with E-state index in [1.807, 2.05) is 29.3 Å². The summed E-state index contributed by atoms with van der Waals surface area (Å²) in [5, 5.41) is 6.90. The molecule has 146 valence electrons. The van der Waals surface area contributed by atoms with E-state index in [-0.39, 0.29) is 17.8 Å². The summed E-state index contributed by atoms with van der Waals surface area (Å²) >= 11 is 0. The van der Waals surface area contributed by atoms with Crippen LogP contribution in [0.3, 0.4) is 0 Å². The minimum atomic E-state index is -0.307. The normalized spacial score (nSPS) is 24.9. The van der Waals surface area contributed by atoms with Crippen LogP contribution in [0, 0.1) is 5.82 Å². The molecule has 1 fully saturated rings. The summed E-state index contributed by atoms with van der Waals surface area (Å²) in [5.41, 5.74) is 2.54. The van der Waals surface area contributed by atoms with Gasteiger partial charge in [-0.3, -0.25) is 14.8 Å². The highest BCUT2D eigenvalue weighted by molar-refractivity contribution is 5.98. The number of hydrogen-bond donors (Lipinski definition) is 1. The minimum Gasteiger partial charge on any atom is -0.352 e. The summed E-state index contributed by atoms with van der Waals surface area (Å²) < 4.78 is 14.0. The maximum absolute atomic E-state index is 14.0. The maximum Gasteiger partial charge on any atom is 0.252 e. The van der Waals surface area contributed by atoms with Crippen molar-refractivity contribution in [2.24, 2.45) is 4.99 Å². The Morgan fingerprint density at radius 1 is 1.32 bits per heavy atom. The zero-order chi connectivity index (χ0) is 19.3. The summed E-state index contributed by atoms with van der Waals surface area (Å²) in [7, 11) is 1.94. The first-order valence-corrected chi connectivity index (χ1v) is 9.81. The lowest BCUT2D eigenvalue weighted by Crippen LogP contribution is -2.36. The van der Waals surface area contributed by atoms with Crippen molar-refractivity contribution in [3.05, 3.63) is 53.0 Å². The molecule has 8 heteroatoms. The number of halogens is 1. The number of aryl methyl sites for hydroxylation is 1.